The Morgan fingerprint density at radius 1 is 0.622 bits per heavy atom. The molecule has 13 nitrogen and oxygen atoms in total. The molecule has 222 valence electrons. The highest BCUT2D eigenvalue weighted by atomic mass is 31.2. The number of hydrogen-bond donors (Lipinski definition) is 5. The van der Waals surface area contributed by atoms with Gasteiger partial charge >= 0.3 is 0 Å². The summed E-state index contributed by atoms with van der Waals surface area (Å²) in [4.78, 5) is 47.9. The van der Waals surface area contributed by atoms with Gasteiger partial charge in [0.05, 0.1) is 25.1 Å². The molecule has 0 amide bonds. The topological polar surface area (TPSA) is 188 Å². The lowest BCUT2D eigenvalue weighted by Gasteiger charge is -2.39. The molecule has 4 unspecified atom stereocenters. The maximum Gasteiger partial charge on any atom is 0.211 e. The Kier molecular flexibility index (Phi) is 14.9. The zero-order valence-electron chi connectivity index (χ0n) is 22.8. The largest absolute Gasteiger partial charge is 0.344 e. The van der Waals surface area contributed by atoms with E-state index in [4.69, 9.17) is 5.73 Å². The first-order chi connectivity index (χ1) is 16.8. The fourth-order valence-corrected chi connectivity index (χ4v) is 8.69. The molecule has 0 spiro atoms. The van der Waals surface area contributed by atoms with Gasteiger partial charge in [0.1, 0.15) is 0 Å². The van der Waals surface area contributed by atoms with Crippen LogP contribution in [0.2, 0.25) is 0 Å². The van der Waals surface area contributed by atoms with Gasteiger partial charge in [0.25, 0.3) is 0 Å². The first kappa shape index (κ1) is 35.6. The standard InChI is InChI=1S/C20H49N5O8P4/c1-34(26,27)16-22-9-10-23(17-35(2,28)29)13-14-25(19-37(4,32)33)20(7-5-6-8-21)15-24(12-11-22)18-36(3,30)31/h20H,5-19,21H2,1-4H3,(H,26,27)(H,28,29)(H,30,31)(H,32,33)/t20-/m0/s1. The summed E-state index contributed by atoms with van der Waals surface area (Å²) in [5.74, 6) is 0. The lowest BCUT2D eigenvalue weighted by molar-refractivity contribution is 0.115. The maximum absolute atomic E-state index is 12.5. The van der Waals surface area contributed by atoms with Crippen LogP contribution in [0.15, 0.2) is 0 Å². The van der Waals surface area contributed by atoms with Crippen LogP contribution in [0.5, 0.6) is 0 Å². The van der Waals surface area contributed by atoms with Crippen molar-refractivity contribution < 1.29 is 37.8 Å². The third-order valence-electron chi connectivity index (χ3n) is 5.98. The van der Waals surface area contributed by atoms with Crippen molar-refractivity contribution >= 4 is 29.5 Å². The average Bonchev–Trinajstić information content (AvgIpc) is 2.67. The molecule has 1 aliphatic heterocycles. The molecule has 5 atom stereocenters. The van der Waals surface area contributed by atoms with Crippen molar-refractivity contribution in [2.75, 3.05) is 104 Å². The smallest absolute Gasteiger partial charge is 0.211 e. The molecule has 1 saturated heterocycles. The second-order valence-electron chi connectivity index (χ2n) is 10.8. The predicted molar refractivity (Wildman–Crippen MR) is 151 cm³/mol. The number of rotatable bonds is 12. The lowest BCUT2D eigenvalue weighted by atomic mass is 10.1. The van der Waals surface area contributed by atoms with Crippen molar-refractivity contribution in [2.45, 2.75) is 25.3 Å². The Balaban J connectivity index is 3.38. The molecule has 37 heavy (non-hydrogen) atoms. The van der Waals surface area contributed by atoms with Crippen molar-refractivity contribution in [3.63, 3.8) is 0 Å². The van der Waals surface area contributed by atoms with Crippen molar-refractivity contribution in [1.29, 1.82) is 0 Å². The monoisotopic (exact) mass is 611 g/mol. The maximum atomic E-state index is 12.5. The van der Waals surface area contributed by atoms with E-state index in [9.17, 15) is 37.8 Å². The molecule has 0 aromatic rings. The summed E-state index contributed by atoms with van der Waals surface area (Å²) in [6.07, 6.45) is 1.94. The highest BCUT2D eigenvalue weighted by molar-refractivity contribution is 7.57. The van der Waals surface area contributed by atoms with Crippen molar-refractivity contribution in [3.8, 4) is 0 Å². The molecule has 17 heteroatoms. The Hall–Kier alpha value is 0.560. The number of nitrogens with two attached hydrogens (primary N) is 1. The minimum Gasteiger partial charge on any atom is -0.344 e. The highest BCUT2D eigenvalue weighted by Gasteiger charge is 2.30. The quantitative estimate of drug-likeness (QED) is 0.156. The lowest BCUT2D eigenvalue weighted by Crippen LogP contribution is -2.50. The van der Waals surface area contributed by atoms with Crippen LogP contribution in [-0.4, -0.2) is 149 Å². The second-order valence-corrected chi connectivity index (χ2v) is 20.4. The van der Waals surface area contributed by atoms with Gasteiger partial charge in [-0.25, -0.2) is 0 Å². The predicted octanol–water partition coefficient (Wildman–Crippen LogP) is 1.14. The SMILES string of the molecule is CP(=O)(O)CN1CCN(CP(C)(=O)O)CCN(CP(C)(=O)O)[C@@H](CCCCN)CN(CP(C)(=O)O)CC1. The molecule has 1 rings (SSSR count). The molecule has 1 fully saturated rings. The molecule has 0 aromatic carbocycles. The molecular formula is C20H49N5O8P4. The van der Waals surface area contributed by atoms with Gasteiger partial charge in [-0.1, -0.05) is 6.42 Å². The van der Waals surface area contributed by atoms with E-state index in [1.165, 1.54) is 26.7 Å². The Morgan fingerprint density at radius 3 is 1.41 bits per heavy atom. The van der Waals surface area contributed by atoms with Crippen LogP contribution in [0, 0.1) is 0 Å². The van der Waals surface area contributed by atoms with Gasteiger partial charge in [-0.3, -0.25) is 37.9 Å². The molecule has 0 bridgehead atoms. The van der Waals surface area contributed by atoms with Crippen LogP contribution < -0.4 is 5.73 Å². The van der Waals surface area contributed by atoms with E-state index in [0.29, 0.717) is 58.8 Å². The number of nitrogens with zero attached hydrogens (tertiary/aromatic N) is 4. The van der Waals surface area contributed by atoms with E-state index in [1.54, 1.807) is 0 Å². The van der Waals surface area contributed by atoms with E-state index in [1.807, 2.05) is 19.6 Å². The van der Waals surface area contributed by atoms with Crippen LogP contribution in [0.1, 0.15) is 19.3 Å². The molecule has 6 N–H and O–H groups in total. The van der Waals surface area contributed by atoms with Crippen molar-refractivity contribution in [3.05, 3.63) is 0 Å². The minimum atomic E-state index is -3.45. The molecule has 0 aromatic heterocycles. The van der Waals surface area contributed by atoms with Gasteiger partial charge in [0.15, 0.2) is 0 Å². The van der Waals surface area contributed by atoms with Gasteiger partial charge in [0.2, 0.25) is 29.5 Å². The van der Waals surface area contributed by atoms with Crippen molar-refractivity contribution in [2.24, 2.45) is 5.73 Å². The molecule has 0 saturated carbocycles. The minimum absolute atomic E-state index is 0.0594. The summed E-state index contributed by atoms with van der Waals surface area (Å²) in [7, 11) is -13.7. The van der Waals surface area contributed by atoms with Crippen LogP contribution in [0.4, 0.5) is 0 Å². The Morgan fingerprint density at radius 2 is 1.00 bits per heavy atom. The summed E-state index contributed by atoms with van der Waals surface area (Å²) < 4.78 is 49.3. The Labute approximate surface area is 222 Å². The van der Waals surface area contributed by atoms with E-state index in [0.717, 1.165) is 12.8 Å². The van der Waals surface area contributed by atoms with Gasteiger partial charge in [0, 0.05) is 78.5 Å². The van der Waals surface area contributed by atoms with Crippen LogP contribution in [0.25, 0.3) is 0 Å². The average molecular weight is 612 g/mol. The third-order valence-corrected chi connectivity index (χ3v) is 9.64. The number of unbranched alkanes of at least 4 members (excludes halogenated alkanes) is 1. The van der Waals surface area contributed by atoms with Gasteiger partial charge < -0.3 is 25.3 Å². The second kappa shape index (κ2) is 15.5. The molecule has 1 aliphatic rings. The van der Waals surface area contributed by atoms with E-state index < -0.39 is 29.5 Å². The van der Waals surface area contributed by atoms with Crippen LogP contribution >= 0.6 is 29.5 Å². The normalized spacial score (nSPS) is 27.2. The van der Waals surface area contributed by atoms with Gasteiger partial charge in [-0.05, 0) is 19.4 Å². The van der Waals surface area contributed by atoms with Crippen LogP contribution in [-0.2, 0) is 18.3 Å². The zero-order valence-corrected chi connectivity index (χ0v) is 26.3. The van der Waals surface area contributed by atoms with E-state index in [-0.39, 0.29) is 31.2 Å². The molecular weight excluding hydrogens is 562 g/mol. The van der Waals surface area contributed by atoms with E-state index in [2.05, 4.69) is 0 Å². The van der Waals surface area contributed by atoms with E-state index >= 15 is 0 Å². The van der Waals surface area contributed by atoms with Gasteiger partial charge in [-0.15, -0.1) is 0 Å². The Bertz CT molecular complexity index is 873. The van der Waals surface area contributed by atoms with Gasteiger partial charge in [-0.2, -0.15) is 0 Å². The molecule has 0 radical (unpaired) electrons. The van der Waals surface area contributed by atoms with Crippen LogP contribution in [0.3, 0.4) is 0 Å². The first-order valence-corrected chi connectivity index (χ1v) is 21.7. The summed E-state index contributed by atoms with van der Waals surface area (Å²) in [6, 6.07) is -0.217. The summed E-state index contributed by atoms with van der Waals surface area (Å²) in [5, 5.41) is 0. The number of hydrogen-bond acceptors (Lipinski definition) is 9. The summed E-state index contributed by atoms with van der Waals surface area (Å²) >= 11 is 0. The molecule has 0 aliphatic carbocycles. The fourth-order valence-electron chi connectivity index (χ4n) is 4.59. The highest BCUT2D eigenvalue weighted by Crippen LogP contribution is 2.40. The zero-order chi connectivity index (χ0) is 28.5. The third kappa shape index (κ3) is 18.5. The van der Waals surface area contributed by atoms with Crippen molar-refractivity contribution in [1.82, 2.24) is 19.6 Å². The summed E-state index contributed by atoms with van der Waals surface area (Å²) in [6.45, 7) is 8.18. The summed E-state index contributed by atoms with van der Waals surface area (Å²) in [5.41, 5.74) is 5.69. The fraction of sp³-hybridized carbons (Fsp3) is 1.00. The first-order valence-electron chi connectivity index (χ1n) is 12.5. The molecule has 1 heterocycles.